The van der Waals surface area contributed by atoms with Gasteiger partial charge in [-0.15, -0.1) is 11.3 Å². The maximum Gasteiger partial charge on any atom is 0.234 e. The minimum absolute atomic E-state index is 0.00674. The first-order chi connectivity index (χ1) is 11.5. The van der Waals surface area contributed by atoms with Gasteiger partial charge in [-0.05, 0) is 61.9 Å². The third-order valence-corrected chi connectivity index (χ3v) is 5.67. The fourth-order valence-corrected chi connectivity index (χ4v) is 3.75. The number of halogens is 1. The number of nitrogens with one attached hydrogen (secondary N) is 1. The number of thiophene rings is 1. The molecule has 0 bridgehead atoms. The summed E-state index contributed by atoms with van der Waals surface area (Å²) in [5, 5.41) is 5.09. The molecule has 1 amide bonds. The van der Waals surface area contributed by atoms with Gasteiger partial charge < -0.3 is 5.32 Å². The van der Waals surface area contributed by atoms with E-state index in [1.807, 2.05) is 24.6 Å². The van der Waals surface area contributed by atoms with Gasteiger partial charge in [0.2, 0.25) is 5.91 Å². The second-order valence-corrected chi connectivity index (χ2v) is 7.54. The highest BCUT2D eigenvalue weighted by atomic mass is 32.1. The average Bonchev–Trinajstić information content (AvgIpc) is 3.27. The second kappa shape index (κ2) is 7.45. The van der Waals surface area contributed by atoms with Crippen molar-refractivity contribution < 1.29 is 9.18 Å². The third-order valence-electron chi connectivity index (χ3n) is 4.73. The van der Waals surface area contributed by atoms with Crippen molar-refractivity contribution in [1.82, 2.24) is 10.2 Å². The van der Waals surface area contributed by atoms with Crippen LogP contribution in [0.15, 0.2) is 41.8 Å². The smallest absolute Gasteiger partial charge is 0.234 e. The molecule has 3 rings (SSSR count). The predicted octanol–water partition coefficient (Wildman–Crippen LogP) is 3.82. The SMILES string of the molecule is CC(C1CC1)N(C)CC(=O)NC(c1ccc(F)cc1)c1cccs1. The maximum absolute atomic E-state index is 13.2. The van der Waals surface area contributed by atoms with Crippen molar-refractivity contribution >= 4 is 17.2 Å². The van der Waals surface area contributed by atoms with Gasteiger partial charge in [0.1, 0.15) is 5.82 Å². The van der Waals surface area contributed by atoms with Gasteiger partial charge in [-0.25, -0.2) is 4.39 Å². The number of rotatable bonds is 7. The van der Waals surface area contributed by atoms with Gasteiger partial charge in [0.15, 0.2) is 0 Å². The van der Waals surface area contributed by atoms with E-state index < -0.39 is 0 Å². The lowest BCUT2D eigenvalue weighted by Gasteiger charge is -2.25. The molecule has 0 spiro atoms. The summed E-state index contributed by atoms with van der Waals surface area (Å²) < 4.78 is 13.2. The van der Waals surface area contributed by atoms with Crippen LogP contribution in [0.25, 0.3) is 0 Å². The standard InChI is InChI=1S/C19H23FN2OS/c1-13(14-5-6-14)22(2)12-18(23)21-19(17-4-3-11-24-17)15-7-9-16(20)10-8-15/h3-4,7-11,13-14,19H,5-6,12H2,1-2H3,(H,21,23). The van der Waals surface area contributed by atoms with Crippen LogP contribution in [-0.4, -0.2) is 30.4 Å². The molecule has 3 nitrogen and oxygen atoms in total. The fourth-order valence-electron chi connectivity index (χ4n) is 2.95. The Kier molecular flexibility index (Phi) is 5.31. The van der Waals surface area contributed by atoms with Crippen molar-refractivity contribution in [2.75, 3.05) is 13.6 Å². The van der Waals surface area contributed by atoms with Crippen molar-refractivity contribution in [3.63, 3.8) is 0 Å². The number of benzene rings is 1. The molecule has 2 atom stereocenters. The molecule has 1 aliphatic carbocycles. The predicted molar refractivity (Wildman–Crippen MR) is 95.5 cm³/mol. The van der Waals surface area contributed by atoms with E-state index in [9.17, 15) is 9.18 Å². The van der Waals surface area contributed by atoms with Gasteiger partial charge in [0.05, 0.1) is 12.6 Å². The third kappa shape index (κ3) is 4.22. The molecule has 1 fully saturated rings. The first-order valence-corrected chi connectivity index (χ1v) is 9.21. The van der Waals surface area contributed by atoms with Gasteiger partial charge in [0.25, 0.3) is 0 Å². The highest BCUT2D eigenvalue weighted by Gasteiger charge is 2.31. The Balaban J connectivity index is 1.69. The molecule has 0 radical (unpaired) electrons. The Morgan fingerprint density at radius 3 is 2.62 bits per heavy atom. The van der Waals surface area contributed by atoms with Crippen molar-refractivity contribution in [3.05, 3.63) is 58.0 Å². The maximum atomic E-state index is 13.2. The van der Waals surface area contributed by atoms with Crippen molar-refractivity contribution in [2.24, 2.45) is 5.92 Å². The summed E-state index contributed by atoms with van der Waals surface area (Å²) in [6.07, 6.45) is 2.53. The lowest BCUT2D eigenvalue weighted by atomic mass is 10.1. The number of nitrogens with zero attached hydrogens (tertiary/aromatic N) is 1. The van der Waals surface area contributed by atoms with Gasteiger partial charge in [-0.3, -0.25) is 9.69 Å². The summed E-state index contributed by atoms with van der Waals surface area (Å²) in [6.45, 7) is 2.56. The molecular formula is C19H23FN2OS. The highest BCUT2D eigenvalue weighted by Crippen LogP contribution is 2.34. The first kappa shape index (κ1) is 17.1. The van der Waals surface area contributed by atoms with E-state index in [0.29, 0.717) is 12.6 Å². The molecule has 1 N–H and O–H groups in total. The monoisotopic (exact) mass is 346 g/mol. The van der Waals surface area contributed by atoms with Crippen LogP contribution < -0.4 is 5.32 Å². The minimum Gasteiger partial charge on any atom is -0.343 e. The number of amides is 1. The van der Waals surface area contributed by atoms with Crippen LogP contribution in [-0.2, 0) is 4.79 Å². The molecule has 5 heteroatoms. The molecule has 0 aliphatic heterocycles. The van der Waals surface area contributed by atoms with E-state index in [1.54, 1.807) is 23.5 Å². The van der Waals surface area contributed by atoms with Crippen LogP contribution in [0.3, 0.4) is 0 Å². The number of likely N-dealkylation sites (N-methyl/N-ethyl adjacent to an activating group) is 1. The Morgan fingerprint density at radius 2 is 2.04 bits per heavy atom. The van der Waals surface area contributed by atoms with Crippen LogP contribution in [0.2, 0.25) is 0 Å². The summed E-state index contributed by atoms with van der Waals surface area (Å²) in [6, 6.07) is 10.5. The van der Waals surface area contributed by atoms with E-state index in [1.165, 1.54) is 25.0 Å². The lowest BCUT2D eigenvalue weighted by Crippen LogP contribution is -2.41. The van der Waals surface area contributed by atoms with Gasteiger partial charge in [0, 0.05) is 10.9 Å². The molecule has 1 aliphatic rings. The quantitative estimate of drug-likeness (QED) is 0.826. The molecule has 1 saturated carbocycles. The van der Waals surface area contributed by atoms with E-state index in [4.69, 9.17) is 0 Å². The zero-order valence-electron chi connectivity index (χ0n) is 14.0. The molecule has 1 aromatic heterocycles. The molecular weight excluding hydrogens is 323 g/mol. The van der Waals surface area contributed by atoms with E-state index in [2.05, 4.69) is 17.1 Å². The molecule has 128 valence electrons. The molecule has 2 unspecified atom stereocenters. The number of hydrogen-bond donors (Lipinski definition) is 1. The second-order valence-electron chi connectivity index (χ2n) is 6.56. The summed E-state index contributed by atoms with van der Waals surface area (Å²) >= 11 is 1.59. The lowest BCUT2D eigenvalue weighted by molar-refractivity contribution is -0.122. The number of carbonyl (C=O) groups is 1. The Labute approximate surface area is 146 Å². The molecule has 1 heterocycles. The van der Waals surface area contributed by atoms with Crippen LogP contribution in [0.5, 0.6) is 0 Å². The minimum atomic E-state index is -0.270. The van der Waals surface area contributed by atoms with Crippen molar-refractivity contribution in [3.8, 4) is 0 Å². The largest absolute Gasteiger partial charge is 0.343 e. The van der Waals surface area contributed by atoms with Crippen LogP contribution in [0.4, 0.5) is 4.39 Å². The summed E-state index contributed by atoms with van der Waals surface area (Å²) in [7, 11) is 2.00. The molecule has 0 saturated heterocycles. The van der Waals surface area contributed by atoms with Gasteiger partial charge in [-0.2, -0.15) is 0 Å². The summed E-state index contributed by atoms with van der Waals surface area (Å²) in [5.41, 5.74) is 0.894. The number of carbonyl (C=O) groups excluding carboxylic acids is 1. The zero-order chi connectivity index (χ0) is 17.1. The Hall–Kier alpha value is -1.72. The normalized spacial score (nSPS) is 16.8. The number of hydrogen-bond acceptors (Lipinski definition) is 3. The van der Waals surface area contributed by atoms with E-state index >= 15 is 0 Å². The van der Waals surface area contributed by atoms with Gasteiger partial charge in [-0.1, -0.05) is 18.2 Å². The zero-order valence-corrected chi connectivity index (χ0v) is 14.9. The van der Waals surface area contributed by atoms with Gasteiger partial charge >= 0.3 is 0 Å². The Morgan fingerprint density at radius 1 is 1.33 bits per heavy atom. The summed E-state index contributed by atoms with van der Waals surface area (Å²) in [5.74, 6) is 0.453. The van der Waals surface area contributed by atoms with E-state index in [-0.39, 0.29) is 17.8 Å². The first-order valence-electron chi connectivity index (χ1n) is 8.33. The van der Waals surface area contributed by atoms with E-state index in [0.717, 1.165) is 16.4 Å². The average molecular weight is 346 g/mol. The fraction of sp³-hybridized carbons (Fsp3) is 0.421. The topological polar surface area (TPSA) is 32.3 Å². The van der Waals surface area contributed by atoms with Crippen LogP contribution in [0.1, 0.15) is 36.2 Å². The van der Waals surface area contributed by atoms with Crippen LogP contribution >= 0.6 is 11.3 Å². The molecule has 24 heavy (non-hydrogen) atoms. The highest BCUT2D eigenvalue weighted by molar-refractivity contribution is 7.10. The molecule has 1 aromatic carbocycles. The van der Waals surface area contributed by atoms with Crippen LogP contribution in [0, 0.1) is 11.7 Å². The summed E-state index contributed by atoms with van der Waals surface area (Å²) in [4.78, 5) is 15.7. The van der Waals surface area contributed by atoms with Crippen molar-refractivity contribution in [2.45, 2.75) is 31.8 Å². The molecule has 2 aromatic rings. The van der Waals surface area contributed by atoms with Crippen molar-refractivity contribution in [1.29, 1.82) is 0 Å². The Bertz CT molecular complexity index is 667.